The highest BCUT2D eigenvalue weighted by atomic mass is 16.5. The molecule has 0 aliphatic carbocycles. The van der Waals surface area contributed by atoms with Gasteiger partial charge in [-0.05, 0) is 205 Å². The molecule has 2 N–H and O–H groups in total. The van der Waals surface area contributed by atoms with Crippen LogP contribution in [0.3, 0.4) is 0 Å². The lowest BCUT2D eigenvalue weighted by molar-refractivity contribution is 0.314. The molecule has 0 aromatic heterocycles. The molecule has 63 heavy (non-hydrogen) atoms. The molecule has 0 atom stereocenters. The van der Waals surface area contributed by atoms with Crippen LogP contribution in [-0.2, 0) is 6.42 Å². The first-order valence-corrected chi connectivity index (χ1v) is 24.2. The zero-order valence-electron chi connectivity index (χ0n) is 42.9. The third-order valence-electron chi connectivity index (χ3n) is 12.1. The topological polar surface area (TPSA) is 58.9 Å². The Bertz CT molecular complexity index is 1840. The highest BCUT2D eigenvalue weighted by Gasteiger charge is 2.22. The number of phenolic OH excluding ortho intramolecular Hbond substituents is 2. The summed E-state index contributed by atoms with van der Waals surface area (Å²) in [6.07, 6.45) is 44.6. The molecule has 0 bridgehead atoms. The molecule has 0 saturated heterocycles. The Morgan fingerprint density at radius 3 is 0.810 bits per heavy atom. The number of ether oxygens (including phenoxy) is 2. The van der Waals surface area contributed by atoms with Crippen LogP contribution in [0.5, 0.6) is 23.0 Å². The molecule has 0 saturated carbocycles. The van der Waals surface area contributed by atoms with E-state index in [4.69, 9.17) is 9.47 Å². The lowest BCUT2D eigenvalue weighted by Gasteiger charge is -2.17. The minimum atomic E-state index is 0.00634. The molecule has 0 unspecified atom stereocenters. The van der Waals surface area contributed by atoms with Gasteiger partial charge in [0.2, 0.25) is 11.5 Å². The Morgan fingerprint density at radius 1 is 0.349 bits per heavy atom. The van der Waals surface area contributed by atoms with Gasteiger partial charge in [0.25, 0.3) is 0 Å². The van der Waals surface area contributed by atoms with Crippen LogP contribution < -0.4 is 9.47 Å². The molecule has 1 rings (SSSR count). The minimum Gasteiger partial charge on any atom is -0.504 e. The van der Waals surface area contributed by atoms with E-state index >= 15 is 0 Å². The Morgan fingerprint density at radius 2 is 0.571 bits per heavy atom. The van der Waals surface area contributed by atoms with Gasteiger partial charge < -0.3 is 19.7 Å². The van der Waals surface area contributed by atoms with Crippen LogP contribution in [0.4, 0.5) is 0 Å². The number of hydrogen-bond acceptors (Lipinski definition) is 4. The van der Waals surface area contributed by atoms with Crippen LogP contribution in [0.25, 0.3) is 0 Å². The maximum Gasteiger partial charge on any atom is 0.207 e. The fourth-order valence-corrected chi connectivity index (χ4v) is 7.62. The fourth-order valence-electron chi connectivity index (χ4n) is 7.62. The van der Waals surface area contributed by atoms with E-state index in [0.29, 0.717) is 17.5 Å². The van der Waals surface area contributed by atoms with Crippen molar-refractivity contribution < 1.29 is 19.7 Å². The zero-order valence-corrected chi connectivity index (χ0v) is 42.9. The second-order valence-corrected chi connectivity index (χ2v) is 18.7. The molecule has 0 spiro atoms. The lowest BCUT2D eigenvalue weighted by atomic mass is 9.99. The van der Waals surface area contributed by atoms with Gasteiger partial charge in [-0.15, -0.1) is 0 Å². The monoisotopic (exact) mass is 865 g/mol. The van der Waals surface area contributed by atoms with E-state index < -0.39 is 0 Å². The molecule has 4 heteroatoms. The Kier molecular flexibility index (Phi) is 30.1. The van der Waals surface area contributed by atoms with Crippen molar-refractivity contribution in [3.63, 3.8) is 0 Å². The predicted molar refractivity (Wildman–Crippen MR) is 278 cm³/mol. The van der Waals surface area contributed by atoms with Gasteiger partial charge in [-0.2, -0.15) is 0 Å². The third kappa shape index (κ3) is 26.3. The van der Waals surface area contributed by atoms with Crippen LogP contribution >= 0.6 is 0 Å². The summed E-state index contributed by atoms with van der Waals surface area (Å²) in [4.78, 5) is 0. The van der Waals surface area contributed by atoms with Crippen LogP contribution in [0, 0.1) is 6.92 Å². The van der Waals surface area contributed by atoms with Gasteiger partial charge in [0.1, 0.15) is 0 Å². The predicted octanol–water partition coefficient (Wildman–Crippen LogP) is 18.5. The first-order valence-electron chi connectivity index (χ1n) is 24.2. The number of hydrogen-bond donors (Lipinski definition) is 2. The van der Waals surface area contributed by atoms with Crippen LogP contribution in [0.1, 0.15) is 203 Å². The van der Waals surface area contributed by atoms with E-state index in [1.54, 1.807) is 6.92 Å². The number of rotatable bonds is 31. The normalized spacial score (nSPS) is 14.2. The summed E-state index contributed by atoms with van der Waals surface area (Å²) >= 11 is 0. The Balaban J connectivity index is 2.32. The molecule has 1 aromatic carbocycles. The quantitative estimate of drug-likeness (QED) is 0.0577. The van der Waals surface area contributed by atoms with E-state index in [1.807, 2.05) is 0 Å². The van der Waals surface area contributed by atoms with Gasteiger partial charge in [0.15, 0.2) is 11.5 Å². The van der Waals surface area contributed by atoms with E-state index in [-0.39, 0.29) is 23.0 Å². The first kappa shape index (κ1) is 56.8. The molecule has 4 nitrogen and oxygen atoms in total. The van der Waals surface area contributed by atoms with Crippen LogP contribution in [0.2, 0.25) is 0 Å². The minimum absolute atomic E-state index is 0.00634. The molecule has 352 valence electrons. The molecule has 1 aromatic rings. The average molecular weight is 865 g/mol. The maximum atomic E-state index is 10.7. The van der Waals surface area contributed by atoms with Gasteiger partial charge in [-0.3, -0.25) is 0 Å². The van der Waals surface area contributed by atoms with Crippen molar-refractivity contribution in [2.75, 3.05) is 14.2 Å². The molecule has 0 heterocycles. The van der Waals surface area contributed by atoms with E-state index in [2.05, 4.69) is 137 Å². The molecule has 0 aliphatic heterocycles. The van der Waals surface area contributed by atoms with E-state index in [0.717, 1.165) is 96.3 Å². The maximum absolute atomic E-state index is 10.7. The van der Waals surface area contributed by atoms with Crippen molar-refractivity contribution in [1.82, 2.24) is 0 Å². The van der Waals surface area contributed by atoms with E-state index in [9.17, 15) is 10.2 Å². The first-order chi connectivity index (χ1) is 30.0. The van der Waals surface area contributed by atoms with Crippen molar-refractivity contribution in [3.05, 3.63) is 128 Å². The largest absolute Gasteiger partial charge is 0.504 e. The summed E-state index contributed by atoms with van der Waals surface area (Å²) in [5, 5.41) is 21.3. The van der Waals surface area contributed by atoms with Gasteiger partial charge in [0.05, 0.1) is 14.2 Å². The lowest BCUT2D eigenvalue weighted by Crippen LogP contribution is -1.98. The SMILES string of the molecule is COc1c(O)c(C)c(C/C=C(\C)CC/C=C(\C)CC/C=C(\C)CC/C=C(/C)CC/C=C(/C)CC/C=C(\C)CC/C=C(\C)CC/C=C(\C)CC/C=C(/C)CCC=C(C)C)c(O)c1OC. The summed E-state index contributed by atoms with van der Waals surface area (Å²) in [7, 11) is 2.91. The summed E-state index contributed by atoms with van der Waals surface area (Å²) < 4.78 is 10.5. The number of aromatic hydroxyl groups is 2. The summed E-state index contributed by atoms with van der Waals surface area (Å²) in [6.45, 7) is 26.5. The van der Waals surface area contributed by atoms with Gasteiger partial charge in [0, 0.05) is 11.1 Å². The highest BCUT2D eigenvalue weighted by molar-refractivity contribution is 5.66. The Hall–Kier alpha value is -4.18. The number of benzene rings is 1. The van der Waals surface area contributed by atoms with Crippen molar-refractivity contribution in [3.8, 4) is 23.0 Å². The summed E-state index contributed by atoms with van der Waals surface area (Å²) in [5.74, 6) is 0.356. The zero-order chi connectivity index (χ0) is 47.2. The molecule has 0 fully saturated rings. The second kappa shape index (κ2) is 33.3. The van der Waals surface area contributed by atoms with Crippen molar-refractivity contribution in [1.29, 1.82) is 0 Å². The van der Waals surface area contributed by atoms with Crippen molar-refractivity contribution >= 4 is 0 Å². The number of methoxy groups -OCH3 is 2. The number of phenols is 2. The van der Waals surface area contributed by atoms with Gasteiger partial charge >= 0.3 is 0 Å². The highest BCUT2D eigenvalue weighted by Crippen LogP contribution is 2.48. The average Bonchev–Trinajstić information content (AvgIpc) is 3.21. The smallest absolute Gasteiger partial charge is 0.207 e. The van der Waals surface area contributed by atoms with Crippen LogP contribution in [-0.4, -0.2) is 24.4 Å². The summed E-state index contributed by atoms with van der Waals surface area (Å²) in [6, 6.07) is 0. The van der Waals surface area contributed by atoms with E-state index in [1.165, 1.54) is 89.2 Å². The molecule has 0 radical (unpaired) electrons. The van der Waals surface area contributed by atoms with Crippen molar-refractivity contribution in [2.45, 2.75) is 205 Å². The van der Waals surface area contributed by atoms with Gasteiger partial charge in [-0.25, -0.2) is 0 Å². The van der Waals surface area contributed by atoms with Crippen LogP contribution in [0.15, 0.2) is 116 Å². The molecule has 0 aliphatic rings. The standard InChI is InChI=1S/C59H92O4/c1-44(2)24-15-25-45(3)26-16-27-46(4)28-17-29-47(5)30-18-31-48(6)32-19-33-49(7)34-20-35-50(8)36-21-37-51(9)38-22-39-52(10)40-23-41-53(11)42-43-55-54(12)56(60)58(62-13)59(63-14)57(55)61/h24,26,28,30,32,34,36,38,40,42,60-61H,15-23,25,27,29,31,33,35,37,39,41,43H2,1-14H3/b45-26-,46-28+,47-30+,48-32+,49-34-,50-36-,51-38+,52-40+,53-42+. The third-order valence-corrected chi connectivity index (χ3v) is 12.1. The van der Waals surface area contributed by atoms with Gasteiger partial charge in [-0.1, -0.05) is 116 Å². The van der Waals surface area contributed by atoms with Crippen molar-refractivity contribution in [2.24, 2.45) is 0 Å². The fraction of sp³-hybridized carbons (Fsp3) is 0.559. The summed E-state index contributed by atoms with van der Waals surface area (Å²) in [5.41, 5.74) is 15.9. The molecule has 0 amide bonds. The second-order valence-electron chi connectivity index (χ2n) is 18.7. The molecular formula is C59H92O4. The Labute approximate surface area is 388 Å². The molecular weight excluding hydrogens is 773 g/mol. The number of allylic oxidation sites excluding steroid dienone is 20.